The van der Waals surface area contributed by atoms with Crippen LogP contribution in [0.5, 0.6) is 0 Å². The number of hydrogen-bond donors (Lipinski definition) is 1. The van der Waals surface area contributed by atoms with Crippen molar-refractivity contribution in [1.82, 2.24) is 4.31 Å². The molecule has 1 aliphatic heterocycles. The predicted molar refractivity (Wildman–Crippen MR) is 119 cm³/mol. The van der Waals surface area contributed by atoms with Gasteiger partial charge in [-0.1, -0.05) is 48.0 Å². The van der Waals surface area contributed by atoms with Crippen LogP contribution in [0.15, 0.2) is 72.8 Å². The fraction of sp³-hybridized carbons (Fsp3) is 0.217. The highest BCUT2D eigenvalue weighted by atomic mass is 35.5. The van der Waals surface area contributed by atoms with Crippen molar-refractivity contribution in [2.24, 2.45) is 0 Å². The number of halogens is 3. The summed E-state index contributed by atoms with van der Waals surface area (Å²) in [5.74, 6) is -0.947. The van der Waals surface area contributed by atoms with Crippen LogP contribution in [0, 0.1) is 11.6 Å². The zero-order valence-corrected chi connectivity index (χ0v) is 18.1. The molecule has 3 aromatic carbocycles. The molecule has 0 aliphatic carbocycles. The van der Waals surface area contributed by atoms with Crippen molar-refractivity contribution in [2.75, 3.05) is 24.4 Å². The fourth-order valence-electron chi connectivity index (χ4n) is 3.67. The third kappa shape index (κ3) is 5.30. The summed E-state index contributed by atoms with van der Waals surface area (Å²) in [7, 11) is 0. The maximum atomic E-state index is 13.5. The van der Waals surface area contributed by atoms with Crippen LogP contribution in [-0.2, 0) is 15.9 Å². The van der Waals surface area contributed by atoms with Crippen molar-refractivity contribution in [3.63, 3.8) is 0 Å². The molecule has 1 fully saturated rings. The second-order valence-electron chi connectivity index (χ2n) is 7.21. The molecule has 0 amide bonds. The first-order chi connectivity index (χ1) is 15.0. The van der Waals surface area contributed by atoms with Crippen molar-refractivity contribution < 1.29 is 17.7 Å². The van der Waals surface area contributed by atoms with Gasteiger partial charge in [-0.25, -0.2) is 17.3 Å². The molecule has 1 heterocycles. The van der Waals surface area contributed by atoms with Crippen LogP contribution >= 0.6 is 11.6 Å². The first-order valence-corrected chi connectivity index (χ1v) is 11.3. The van der Waals surface area contributed by atoms with Gasteiger partial charge >= 0.3 is 0 Å². The van der Waals surface area contributed by atoms with Gasteiger partial charge in [-0.3, -0.25) is 4.72 Å². The molecule has 2 atom stereocenters. The number of nitrogens with one attached hydrogen (secondary N) is 1. The summed E-state index contributed by atoms with van der Waals surface area (Å²) in [6.45, 7) is 1.21. The van der Waals surface area contributed by atoms with E-state index in [0.29, 0.717) is 30.4 Å². The Balaban J connectivity index is 1.58. The summed E-state index contributed by atoms with van der Waals surface area (Å²) in [6, 6.07) is 19.5. The lowest BCUT2D eigenvalue weighted by Crippen LogP contribution is -2.47. The molecule has 2 unspecified atom stereocenters. The Morgan fingerprint density at radius 1 is 0.968 bits per heavy atom. The smallest absolute Gasteiger partial charge is 0.196 e. The summed E-state index contributed by atoms with van der Waals surface area (Å²) >= 11 is 4.64. The molecule has 0 spiro atoms. The lowest BCUT2D eigenvalue weighted by Gasteiger charge is -2.36. The predicted octanol–water partition coefficient (Wildman–Crippen LogP) is 5.14. The molecule has 31 heavy (non-hydrogen) atoms. The second-order valence-corrected chi connectivity index (χ2v) is 8.84. The monoisotopic (exact) mass is 462 g/mol. The number of benzene rings is 3. The number of para-hydroxylation sites is 1. The van der Waals surface area contributed by atoms with Gasteiger partial charge in [-0.2, -0.15) is 0 Å². The van der Waals surface area contributed by atoms with Gasteiger partial charge in [0.15, 0.2) is 11.2 Å². The molecule has 8 heteroatoms. The Hall–Kier alpha value is -2.32. The second kappa shape index (κ2) is 9.87. The third-order valence-corrected chi connectivity index (χ3v) is 6.72. The van der Waals surface area contributed by atoms with Crippen molar-refractivity contribution in [3.05, 3.63) is 101 Å². The average Bonchev–Trinajstić information content (AvgIpc) is 2.78. The van der Waals surface area contributed by atoms with Gasteiger partial charge in [0.1, 0.15) is 11.6 Å². The number of hydrogen-bond acceptors (Lipinski definition) is 2. The van der Waals surface area contributed by atoms with E-state index < -0.39 is 11.2 Å². The van der Waals surface area contributed by atoms with Gasteiger partial charge in [0, 0.05) is 19.0 Å². The van der Waals surface area contributed by atoms with E-state index in [0.717, 1.165) is 11.1 Å². The topological polar surface area (TPSA) is 41.6 Å². The summed E-state index contributed by atoms with van der Waals surface area (Å²) < 4.78 is 50.7. The molecule has 0 radical (unpaired) electrons. The zero-order valence-electron chi connectivity index (χ0n) is 16.5. The Morgan fingerprint density at radius 3 is 2.13 bits per heavy atom. The van der Waals surface area contributed by atoms with Gasteiger partial charge < -0.3 is 4.74 Å². The largest absolute Gasteiger partial charge is 0.374 e. The van der Waals surface area contributed by atoms with E-state index >= 15 is 0 Å². The van der Waals surface area contributed by atoms with Crippen molar-refractivity contribution in [2.45, 2.75) is 12.0 Å². The van der Waals surface area contributed by atoms with Crippen molar-refractivity contribution >= 4 is 28.5 Å². The van der Waals surface area contributed by atoms with Crippen LogP contribution in [0.4, 0.5) is 14.5 Å². The van der Waals surface area contributed by atoms with Crippen LogP contribution in [0.3, 0.4) is 0 Å². The molecule has 4 nitrogen and oxygen atoms in total. The molecule has 1 saturated heterocycles. The standard InChI is InChI=1S/C23H21ClF2N2O2S/c24-20-3-1-2-4-21(20)27-31(29)28-13-14-30-22(15-28)23(16-5-9-18(25)10-6-16)17-7-11-19(26)12-8-17/h1-12,22-23,27H,13-15H2. The average molecular weight is 463 g/mol. The summed E-state index contributed by atoms with van der Waals surface area (Å²) in [5.41, 5.74) is 2.26. The van der Waals surface area contributed by atoms with Crippen molar-refractivity contribution in [1.29, 1.82) is 0 Å². The van der Waals surface area contributed by atoms with E-state index in [2.05, 4.69) is 4.72 Å². The molecular weight excluding hydrogens is 442 g/mol. The molecule has 1 N–H and O–H groups in total. The molecule has 162 valence electrons. The molecule has 0 aromatic heterocycles. The molecular formula is C23H21ClF2N2O2S. The van der Waals surface area contributed by atoms with E-state index in [1.54, 1.807) is 46.8 Å². The number of ether oxygens (including phenoxy) is 1. The highest BCUT2D eigenvalue weighted by molar-refractivity contribution is 7.84. The Kier molecular flexibility index (Phi) is 6.97. The van der Waals surface area contributed by atoms with Gasteiger partial charge in [-0.15, -0.1) is 0 Å². The highest BCUT2D eigenvalue weighted by Gasteiger charge is 2.33. The summed E-state index contributed by atoms with van der Waals surface area (Å²) in [4.78, 5) is 0. The first-order valence-electron chi connectivity index (χ1n) is 9.82. The van der Waals surface area contributed by atoms with Crippen LogP contribution in [0.1, 0.15) is 17.0 Å². The van der Waals surface area contributed by atoms with Gasteiger partial charge in [-0.05, 0) is 47.5 Å². The number of morpholine rings is 1. The summed E-state index contributed by atoms with van der Waals surface area (Å²) in [5, 5.41) is 0.483. The molecule has 3 aromatic rings. The Labute approximate surface area is 187 Å². The zero-order chi connectivity index (χ0) is 21.8. The lowest BCUT2D eigenvalue weighted by atomic mass is 9.86. The molecule has 4 rings (SSSR count). The van der Waals surface area contributed by atoms with Crippen molar-refractivity contribution in [3.8, 4) is 0 Å². The number of anilines is 1. The minimum atomic E-state index is -1.53. The van der Waals surface area contributed by atoms with Gasteiger partial charge in [0.05, 0.1) is 23.4 Å². The highest BCUT2D eigenvalue weighted by Crippen LogP contribution is 2.32. The van der Waals surface area contributed by atoms with E-state index in [1.807, 2.05) is 6.07 Å². The van der Waals surface area contributed by atoms with E-state index in [-0.39, 0.29) is 23.7 Å². The van der Waals surface area contributed by atoms with Crippen LogP contribution < -0.4 is 4.72 Å². The van der Waals surface area contributed by atoms with Gasteiger partial charge in [0.25, 0.3) is 0 Å². The number of rotatable bonds is 6. The maximum Gasteiger partial charge on any atom is 0.196 e. The SMILES string of the molecule is O=S(Nc1ccccc1Cl)N1CCOC(C(c2ccc(F)cc2)c2ccc(F)cc2)C1. The normalized spacial score (nSPS) is 18.1. The minimum absolute atomic E-state index is 0.277. The van der Waals surface area contributed by atoms with Crippen LogP contribution in [0.2, 0.25) is 5.02 Å². The lowest BCUT2D eigenvalue weighted by molar-refractivity contribution is -0.00838. The van der Waals surface area contributed by atoms with E-state index in [1.165, 1.54) is 24.3 Å². The fourth-order valence-corrected chi connectivity index (χ4v) is 4.92. The first kappa shape index (κ1) is 21.9. The molecule has 0 bridgehead atoms. The molecule has 1 aliphatic rings. The maximum absolute atomic E-state index is 13.5. The Morgan fingerprint density at radius 2 is 1.55 bits per heavy atom. The number of nitrogens with zero attached hydrogens (tertiary/aromatic N) is 1. The Bertz CT molecular complexity index is 1000. The third-order valence-electron chi connectivity index (χ3n) is 5.19. The van der Waals surface area contributed by atoms with E-state index in [9.17, 15) is 13.0 Å². The molecule has 0 saturated carbocycles. The quantitative estimate of drug-likeness (QED) is 0.551. The minimum Gasteiger partial charge on any atom is -0.374 e. The summed E-state index contributed by atoms with van der Waals surface area (Å²) in [6.07, 6.45) is -0.360. The van der Waals surface area contributed by atoms with E-state index in [4.69, 9.17) is 16.3 Å². The van der Waals surface area contributed by atoms with Crippen LogP contribution in [0.25, 0.3) is 0 Å². The van der Waals surface area contributed by atoms with Crippen LogP contribution in [-0.4, -0.2) is 34.3 Å². The van der Waals surface area contributed by atoms with Gasteiger partial charge in [0.2, 0.25) is 0 Å².